The molecule has 1 saturated heterocycles. The van der Waals surface area contributed by atoms with E-state index in [0.717, 1.165) is 76.8 Å². The lowest BCUT2D eigenvalue weighted by atomic mass is 10.2. The molecule has 0 aliphatic carbocycles. The number of H-pyrrole nitrogens is 2. The number of hydrogen-bond donors (Lipinski definition) is 4. The summed E-state index contributed by atoms with van der Waals surface area (Å²) in [4.78, 5) is 45.1. The lowest BCUT2D eigenvalue weighted by molar-refractivity contribution is -0.128. The molecule has 1 atom stereocenters. The third-order valence-corrected chi connectivity index (χ3v) is 9.34. The third-order valence-electron chi connectivity index (χ3n) is 9.10. The Labute approximate surface area is 325 Å². The molecule has 55 heavy (non-hydrogen) atoms. The minimum atomic E-state index is -0.826. The van der Waals surface area contributed by atoms with E-state index in [1.165, 1.54) is 5.69 Å². The zero-order valence-electron chi connectivity index (χ0n) is 30.9. The SMILES string of the molecule is C#CC[C@H](NC(=O)CCl)C(=O)NCCOCCOCCOCCOc1ccc(-c2nc3ccc(-c4nc5ccc(N6CCN(C)CC6)cc5[nH]4)cc3[nH]2)cc1. The lowest BCUT2D eigenvalue weighted by Crippen LogP contribution is -2.47. The summed E-state index contributed by atoms with van der Waals surface area (Å²) >= 11 is 5.47. The number of terminal acetylenes is 1. The van der Waals surface area contributed by atoms with Gasteiger partial charge in [-0.05, 0) is 67.7 Å². The van der Waals surface area contributed by atoms with Gasteiger partial charge >= 0.3 is 0 Å². The Morgan fingerprint density at radius 2 is 1.42 bits per heavy atom. The molecule has 0 bridgehead atoms. The van der Waals surface area contributed by atoms with Gasteiger partial charge in [0.15, 0.2) is 0 Å². The molecule has 4 N–H and O–H groups in total. The molecule has 0 unspecified atom stereocenters. The number of hydrogen-bond acceptors (Lipinski definition) is 10. The fourth-order valence-corrected chi connectivity index (χ4v) is 6.17. The van der Waals surface area contributed by atoms with Crippen LogP contribution in [0.3, 0.4) is 0 Å². The Balaban J connectivity index is 0.861. The highest BCUT2D eigenvalue weighted by Gasteiger charge is 2.19. The fourth-order valence-electron chi connectivity index (χ4n) is 6.09. The van der Waals surface area contributed by atoms with Crippen LogP contribution in [0.1, 0.15) is 6.42 Å². The number of amides is 2. The number of ether oxygens (including phenoxy) is 4. The van der Waals surface area contributed by atoms with E-state index in [-0.39, 0.29) is 31.4 Å². The number of piperazine rings is 1. The number of nitrogens with zero attached hydrogens (tertiary/aromatic N) is 4. The standard InChI is InChI=1S/C40H47ClN8O6/c1-3-4-34(43-37(50)27-41)40(51)42-13-18-52-19-20-53-21-22-54-23-24-55-31-9-5-28(6-10-31)38-44-32-11-7-29(25-35(32)46-38)39-45-33-12-8-30(26-36(33)47-39)49-16-14-48(2)15-17-49/h1,5-12,25-26,34H,4,13-24,27H2,2H3,(H,42,51)(H,43,50)(H,44,46)(H,45,47)/t34-/m0/s1. The van der Waals surface area contributed by atoms with E-state index in [2.05, 4.69) is 67.6 Å². The molecule has 0 saturated carbocycles. The van der Waals surface area contributed by atoms with Crippen molar-refractivity contribution < 1.29 is 28.5 Å². The van der Waals surface area contributed by atoms with Crippen molar-refractivity contribution in [1.29, 1.82) is 0 Å². The van der Waals surface area contributed by atoms with Crippen molar-refractivity contribution in [1.82, 2.24) is 35.5 Å². The normalized spacial score (nSPS) is 13.9. The molecule has 15 heteroatoms. The van der Waals surface area contributed by atoms with Crippen LogP contribution in [0.4, 0.5) is 5.69 Å². The Morgan fingerprint density at radius 3 is 2.09 bits per heavy atom. The highest BCUT2D eigenvalue weighted by molar-refractivity contribution is 6.27. The molecule has 0 spiro atoms. The number of benzene rings is 3. The number of halogens is 1. The van der Waals surface area contributed by atoms with Crippen molar-refractivity contribution in [2.75, 3.05) is 96.8 Å². The van der Waals surface area contributed by atoms with Gasteiger partial charge < -0.3 is 49.3 Å². The molecule has 6 rings (SSSR count). The summed E-state index contributed by atoms with van der Waals surface area (Å²) in [5.41, 5.74) is 6.96. The molecule has 1 aliphatic heterocycles. The summed E-state index contributed by atoms with van der Waals surface area (Å²) in [6.45, 7) is 7.14. The van der Waals surface area contributed by atoms with Crippen LogP contribution in [0.15, 0.2) is 60.7 Å². The van der Waals surface area contributed by atoms with Gasteiger partial charge in [-0.15, -0.1) is 23.9 Å². The van der Waals surface area contributed by atoms with Gasteiger partial charge in [-0.1, -0.05) is 0 Å². The van der Waals surface area contributed by atoms with Crippen molar-refractivity contribution in [2.45, 2.75) is 12.5 Å². The summed E-state index contributed by atoms with van der Waals surface area (Å²) in [5.74, 6) is 3.62. The molecule has 14 nitrogen and oxygen atoms in total. The van der Waals surface area contributed by atoms with Gasteiger partial charge in [-0.3, -0.25) is 9.59 Å². The molecule has 3 aromatic carbocycles. The van der Waals surface area contributed by atoms with Crippen LogP contribution < -0.4 is 20.3 Å². The average molecular weight is 771 g/mol. The molecule has 1 fully saturated rings. The van der Waals surface area contributed by atoms with Crippen LogP contribution >= 0.6 is 11.6 Å². The maximum Gasteiger partial charge on any atom is 0.243 e. The summed E-state index contributed by atoms with van der Waals surface area (Å²) in [7, 11) is 2.17. The highest BCUT2D eigenvalue weighted by atomic mass is 35.5. The minimum Gasteiger partial charge on any atom is -0.491 e. The zero-order chi connectivity index (χ0) is 38.4. The van der Waals surface area contributed by atoms with E-state index in [1.54, 1.807) is 0 Å². The van der Waals surface area contributed by atoms with E-state index in [4.69, 9.17) is 46.9 Å². The van der Waals surface area contributed by atoms with Crippen LogP contribution in [0, 0.1) is 12.3 Å². The second-order valence-electron chi connectivity index (χ2n) is 13.1. The topological polar surface area (TPSA) is 159 Å². The summed E-state index contributed by atoms with van der Waals surface area (Å²) in [6.07, 6.45) is 5.34. The predicted molar refractivity (Wildman–Crippen MR) is 213 cm³/mol. The van der Waals surface area contributed by atoms with Crippen molar-refractivity contribution in [3.63, 3.8) is 0 Å². The van der Waals surface area contributed by atoms with Crippen LogP contribution in [0.5, 0.6) is 5.75 Å². The van der Waals surface area contributed by atoms with E-state index < -0.39 is 11.9 Å². The number of rotatable bonds is 20. The lowest BCUT2D eigenvalue weighted by Gasteiger charge is -2.34. The molecular formula is C40H47ClN8O6. The van der Waals surface area contributed by atoms with E-state index in [0.29, 0.717) is 39.6 Å². The number of anilines is 1. The minimum absolute atomic E-state index is 0.0714. The molecule has 290 valence electrons. The fraction of sp³-hybridized carbons (Fsp3) is 0.400. The molecule has 2 aromatic heterocycles. The number of carbonyl (C=O) groups excluding carboxylic acids is 2. The van der Waals surface area contributed by atoms with Crippen molar-refractivity contribution >= 4 is 51.2 Å². The summed E-state index contributed by atoms with van der Waals surface area (Å²) in [5, 5.41) is 5.16. The maximum atomic E-state index is 12.2. The van der Waals surface area contributed by atoms with Crippen LogP contribution in [0.25, 0.3) is 44.8 Å². The first-order chi connectivity index (χ1) is 26.9. The van der Waals surface area contributed by atoms with Gasteiger partial charge in [-0.2, -0.15) is 0 Å². The number of aromatic amines is 2. The Kier molecular flexibility index (Phi) is 14.3. The second-order valence-corrected chi connectivity index (χ2v) is 13.3. The number of aromatic nitrogens is 4. The van der Waals surface area contributed by atoms with Crippen LogP contribution in [-0.2, 0) is 23.8 Å². The number of fused-ring (bicyclic) bond motifs is 2. The van der Waals surface area contributed by atoms with Crippen LogP contribution in [0.2, 0.25) is 0 Å². The Hall–Kier alpha value is -5.17. The van der Waals surface area contributed by atoms with Gasteiger partial charge in [-0.25, -0.2) is 9.97 Å². The average Bonchev–Trinajstić information content (AvgIpc) is 3.84. The molecule has 3 heterocycles. The number of carbonyl (C=O) groups is 2. The smallest absolute Gasteiger partial charge is 0.243 e. The first-order valence-corrected chi connectivity index (χ1v) is 18.9. The van der Waals surface area contributed by atoms with E-state index in [9.17, 15) is 9.59 Å². The monoisotopic (exact) mass is 770 g/mol. The van der Waals surface area contributed by atoms with Crippen molar-refractivity contribution in [3.05, 3.63) is 60.7 Å². The van der Waals surface area contributed by atoms with Gasteiger partial charge in [0.1, 0.15) is 35.9 Å². The van der Waals surface area contributed by atoms with E-state index >= 15 is 0 Å². The van der Waals surface area contributed by atoms with E-state index in [1.807, 2.05) is 36.4 Å². The Morgan fingerprint density at radius 1 is 0.818 bits per heavy atom. The molecule has 2 amide bonds. The number of imidazole rings is 2. The largest absolute Gasteiger partial charge is 0.491 e. The zero-order valence-corrected chi connectivity index (χ0v) is 31.7. The van der Waals surface area contributed by atoms with Gasteiger partial charge in [0.25, 0.3) is 0 Å². The maximum absolute atomic E-state index is 12.2. The number of alkyl halides is 1. The van der Waals surface area contributed by atoms with Gasteiger partial charge in [0.05, 0.1) is 61.7 Å². The Bertz CT molecular complexity index is 2050. The first kappa shape index (κ1) is 39.5. The van der Waals surface area contributed by atoms with Crippen molar-refractivity contribution in [2.24, 2.45) is 0 Å². The number of likely N-dealkylation sites (N-methyl/N-ethyl adjacent to an activating group) is 1. The summed E-state index contributed by atoms with van der Waals surface area (Å²) in [6, 6.07) is 19.6. The molecule has 1 aliphatic rings. The van der Waals surface area contributed by atoms with Crippen LogP contribution in [-0.4, -0.2) is 135 Å². The molecular weight excluding hydrogens is 724 g/mol. The summed E-state index contributed by atoms with van der Waals surface area (Å²) < 4.78 is 22.4. The second kappa shape index (κ2) is 19.9. The number of nitrogens with one attached hydrogen (secondary N) is 4. The molecule has 0 radical (unpaired) electrons. The van der Waals surface area contributed by atoms with Gasteiger partial charge in [0.2, 0.25) is 11.8 Å². The van der Waals surface area contributed by atoms with Crippen molar-refractivity contribution in [3.8, 4) is 40.9 Å². The molecule has 5 aromatic rings. The van der Waals surface area contributed by atoms with Gasteiger partial charge in [0, 0.05) is 56.0 Å². The quantitative estimate of drug-likeness (QED) is 0.0521. The predicted octanol–water partition coefficient (Wildman–Crippen LogP) is 3.82. The first-order valence-electron chi connectivity index (χ1n) is 18.4. The highest BCUT2D eigenvalue weighted by Crippen LogP contribution is 2.29. The third kappa shape index (κ3) is 11.2.